The van der Waals surface area contributed by atoms with E-state index < -0.39 is 32.0 Å². The van der Waals surface area contributed by atoms with E-state index in [1.807, 2.05) is 0 Å². The molecule has 0 aliphatic rings. The lowest BCUT2D eigenvalue weighted by molar-refractivity contribution is 0.171. The van der Waals surface area contributed by atoms with Gasteiger partial charge in [-0.1, -0.05) is 44.0 Å². The Balaban J connectivity index is 2.96. The minimum atomic E-state index is -2.05. The predicted molar refractivity (Wildman–Crippen MR) is 111 cm³/mol. The van der Waals surface area contributed by atoms with Gasteiger partial charge in [-0.25, -0.2) is 8.78 Å². The number of hydrogen-bond acceptors (Lipinski definition) is 4. The van der Waals surface area contributed by atoms with Crippen LogP contribution >= 0.6 is 23.2 Å². The van der Waals surface area contributed by atoms with Gasteiger partial charge < -0.3 is 9.74 Å². The molecule has 0 radical (unpaired) electrons. The normalized spacial score (nSPS) is 14.0. The number of nitrogens with one attached hydrogen (secondary N) is 3. The van der Waals surface area contributed by atoms with E-state index in [1.54, 1.807) is 0 Å². The van der Waals surface area contributed by atoms with Gasteiger partial charge in [-0.15, -0.1) is 0 Å². The summed E-state index contributed by atoms with van der Waals surface area (Å²) in [4.78, 5) is 0. The quantitative estimate of drug-likeness (QED) is 0.298. The molecule has 0 saturated heterocycles. The van der Waals surface area contributed by atoms with Crippen LogP contribution in [0.1, 0.15) is 26.3 Å². The Morgan fingerprint density at radius 2 is 1.52 bits per heavy atom. The molecule has 4 nitrogen and oxygen atoms in total. The van der Waals surface area contributed by atoms with E-state index in [4.69, 9.17) is 38.4 Å². The van der Waals surface area contributed by atoms with Gasteiger partial charge in [-0.05, 0) is 35.8 Å². The lowest BCUT2D eigenvalue weighted by Gasteiger charge is -2.36. The number of benzene rings is 1. The molecule has 1 aromatic carbocycles. The Labute approximate surface area is 170 Å². The second-order valence-electron chi connectivity index (χ2n) is 6.48. The van der Waals surface area contributed by atoms with Crippen molar-refractivity contribution in [2.75, 3.05) is 6.54 Å². The van der Waals surface area contributed by atoms with Gasteiger partial charge in [0.1, 0.15) is 22.0 Å². The van der Waals surface area contributed by atoms with Gasteiger partial charge in [0.2, 0.25) is 0 Å². The average Bonchev–Trinajstić information content (AvgIpc) is 2.58. The molecule has 0 aliphatic heterocycles. The minimum absolute atomic E-state index is 0.214. The van der Waals surface area contributed by atoms with E-state index in [1.165, 1.54) is 12.1 Å². The molecule has 1 unspecified atom stereocenters. The van der Waals surface area contributed by atoms with Gasteiger partial charge in [0, 0.05) is 19.2 Å². The third-order valence-electron chi connectivity index (χ3n) is 4.85. The third kappa shape index (κ3) is 7.23. The van der Waals surface area contributed by atoms with Crippen LogP contribution in [0.15, 0.2) is 18.2 Å². The summed E-state index contributed by atoms with van der Waals surface area (Å²) < 4.78 is 33.1. The van der Waals surface area contributed by atoms with Crippen LogP contribution in [-0.4, -0.2) is 31.3 Å². The summed E-state index contributed by atoms with van der Waals surface area (Å²) in [6, 6.07) is 6.00. The first-order valence-corrected chi connectivity index (χ1v) is 12.3. The molecular weight excluding hydrogens is 411 g/mol. The number of hydrogen-bond donors (Lipinski definition) is 3. The summed E-state index contributed by atoms with van der Waals surface area (Å²) >= 11 is 11.8. The standard InChI is InChI=1S/C18H27Cl2F2N3OSi/c1-4-27(5-2,6-3)26-15(16(17(19)23)18(20)24)11-25-10-12-7-13(21)9-14(22)8-12/h7-9,15-16,23-25H,4-6,10-11H2,1-3H3. The maximum Gasteiger partial charge on any atom is 0.192 e. The highest BCUT2D eigenvalue weighted by Gasteiger charge is 2.37. The average molecular weight is 438 g/mol. The van der Waals surface area contributed by atoms with Crippen molar-refractivity contribution in [2.45, 2.75) is 51.6 Å². The van der Waals surface area contributed by atoms with E-state index in [0.29, 0.717) is 5.56 Å². The second-order valence-corrected chi connectivity index (χ2v) is 12.0. The van der Waals surface area contributed by atoms with Crippen molar-refractivity contribution in [3.63, 3.8) is 0 Å². The molecule has 0 aliphatic carbocycles. The van der Waals surface area contributed by atoms with Crippen LogP contribution in [0, 0.1) is 28.4 Å². The molecule has 1 atom stereocenters. The molecule has 0 amide bonds. The van der Waals surface area contributed by atoms with Crippen molar-refractivity contribution in [2.24, 2.45) is 5.92 Å². The van der Waals surface area contributed by atoms with Crippen molar-refractivity contribution in [3.8, 4) is 0 Å². The number of halogens is 4. The fourth-order valence-electron chi connectivity index (χ4n) is 3.06. The van der Waals surface area contributed by atoms with Crippen molar-refractivity contribution in [1.82, 2.24) is 5.32 Å². The van der Waals surface area contributed by atoms with Crippen molar-refractivity contribution < 1.29 is 13.2 Å². The molecule has 1 aromatic rings. The SMILES string of the molecule is CC[Si](CC)(CC)OC(CNCc1cc(F)cc(F)c1)C(C(=N)Cl)C(=N)Cl. The zero-order chi connectivity index (χ0) is 20.6. The van der Waals surface area contributed by atoms with E-state index >= 15 is 0 Å². The Hall–Kier alpha value is -0.863. The Morgan fingerprint density at radius 1 is 1.04 bits per heavy atom. The van der Waals surface area contributed by atoms with Crippen LogP contribution < -0.4 is 5.32 Å². The monoisotopic (exact) mass is 437 g/mol. The molecule has 0 aromatic heterocycles. The molecule has 0 spiro atoms. The van der Waals surface area contributed by atoms with Gasteiger partial charge in [0.05, 0.1) is 12.0 Å². The Bertz CT molecular complexity index is 617. The highest BCUT2D eigenvalue weighted by Crippen LogP contribution is 2.27. The van der Waals surface area contributed by atoms with Crippen LogP contribution in [0.5, 0.6) is 0 Å². The predicted octanol–water partition coefficient (Wildman–Crippen LogP) is 5.49. The molecule has 0 fully saturated rings. The summed E-state index contributed by atoms with van der Waals surface area (Å²) in [5.74, 6) is -2.14. The van der Waals surface area contributed by atoms with Gasteiger partial charge in [0.15, 0.2) is 8.32 Å². The number of rotatable bonds is 12. The summed E-state index contributed by atoms with van der Waals surface area (Å²) in [5.41, 5.74) is 0.453. The van der Waals surface area contributed by atoms with Crippen LogP contribution in [0.3, 0.4) is 0 Å². The van der Waals surface area contributed by atoms with E-state index in [-0.39, 0.29) is 23.4 Å². The molecular formula is C18H27Cl2F2N3OSi. The molecule has 0 saturated carbocycles. The van der Waals surface area contributed by atoms with Crippen LogP contribution in [0.2, 0.25) is 18.1 Å². The summed E-state index contributed by atoms with van der Waals surface area (Å²) in [5, 5.41) is 18.2. The van der Waals surface area contributed by atoms with E-state index in [2.05, 4.69) is 26.1 Å². The van der Waals surface area contributed by atoms with Gasteiger partial charge >= 0.3 is 0 Å². The Morgan fingerprint density at radius 3 is 1.93 bits per heavy atom. The van der Waals surface area contributed by atoms with Gasteiger partial charge in [-0.3, -0.25) is 10.8 Å². The molecule has 0 bridgehead atoms. The molecule has 0 heterocycles. The largest absolute Gasteiger partial charge is 0.411 e. The van der Waals surface area contributed by atoms with Crippen LogP contribution in [0.25, 0.3) is 0 Å². The molecule has 9 heteroatoms. The first kappa shape index (κ1) is 24.2. The third-order valence-corrected chi connectivity index (χ3v) is 9.99. The summed E-state index contributed by atoms with van der Waals surface area (Å²) in [7, 11) is -2.05. The first-order chi connectivity index (χ1) is 12.7. The zero-order valence-electron chi connectivity index (χ0n) is 15.8. The smallest absolute Gasteiger partial charge is 0.192 e. The van der Waals surface area contributed by atoms with Crippen LogP contribution in [0.4, 0.5) is 8.78 Å². The lowest BCUT2D eigenvalue weighted by atomic mass is 10.0. The lowest BCUT2D eigenvalue weighted by Crippen LogP contribution is -2.48. The van der Waals surface area contributed by atoms with Crippen molar-refractivity contribution >= 4 is 41.9 Å². The maximum atomic E-state index is 13.3. The van der Waals surface area contributed by atoms with E-state index in [9.17, 15) is 8.78 Å². The van der Waals surface area contributed by atoms with E-state index in [0.717, 1.165) is 24.2 Å². The van der Waals surface area contributed by atoms with Crippen molar-refractivity contribution in [3.05, 3.63) is 35.4 Å². The molecule has 3 N–H and O–H groups in total. The van der Waals surface area contributed by atoms with Crippen LogP contribution in [-0.2, 0) is 11.0 Å². The first-order valence-electron chi connectivity index (χ1n) is 8.99. The fourth-order valence-corrected chi connectivity index (χ4v) is 6.47. The summed E-state index contributed by atoms with van der Waals surface area (Å²) in [6.07, 6.45) is -0.593. The van der Waals surface area contributed by atoms with Gasteiger partial charge in [-0.2, -0.15) is 0 Å². The topological polar surface area (TPSA) is 69.0 Å². The molecule has 1 rings (SSSR count). The zero-order valence-corrected chi connectivity index (χ0v) is 18.4. The maximum absolute atomic E-state index is 13.3. The Kier molecular flexibility index (Phi) is 10.0. The fraction of sp³-hybridized carbons (Fsp3) is 0.556. The molecule has 27 heavy (non-hydrogen) atoms. The van der Waals surface area contributed by atoms with Gasteiger partial charge in [0.25, 0.3) is 0 Å². The highest BCUT2D eigenvalue weighted by atomic mass is 35.5. The van der Waals surface area contributed by atoms with Crippen molar-refractivity contribution in [1.29, 1.82) is 10.8 Å². The molecule has 152 valence electrons. The second kappa shape index (κ2) is 11.2. The summed E-state index contributed by atoms with van der Waals surface area (Å²) in [6.45, 7) is 6.69. The highest BCUT2D eigenvalue weighted by molar-refractivity contribution is 6.75. The minimum Gasteiger partial charge on any atom is -0.411 e.